The van der Waals surface area contributed by atoms with Crippen LogP contribution >= 0.6 is 0 Å². The Morgan fingerprint density at radius 3 is 2.53 bits per heavy atom. The number of ether oxygens (including phenoxy) is 2. The van der Waals surface area contributed by atoms with E-state index in [1.54, 1.807) is 34.1 Å². The van der Waals surface area contributed by atoms with Crippen LogP contribution in [0.2, 0.25) is 0 Å². The number of likely N-dealkylation sites (tertiary alicyclic amines) is 1. The molecule has 0 saturated carbocycles. The lowest BCUT2D eigenvalue weighted by Crippen LogP contribution is -2.47. The van der Waals surface area contributed by atoms with Crippen LogP contribution in [0.4, 0.5) is 10.1 Å². The highest BCUT2D eigenvalue weighted by Gasteiger charge is 2.38. The van der Waals surface area contributed by atoms with Gasteiger partial charge in [-0.25, -0.2) is 4.39 Å². The first-order valence-electron chi connectivity index (χ1n) is 9.92. The van der Waals surface area contributed by atoms with Gasteiger partial charge in [0.25, 0.3) is 0 Å². The number of methoxy groups -OCH3 is 1. The fraction of sp³-hybridized carbons (Fsp3) is 0.429. The van der Waals surface area contributed by atoms with Crippen LogP contribution in [-0.4, -0.2) is 59.8 Å². The minimum Gasteiger partial charge on any atom is -0.480 e. The molecule has 2 aliphatic heterocycles. The lowest BCUT2D eigenvalue weighted by Gasteiger charge is -2.34. The second-order valence-corrected chi connectivity index (χ2v) is 7.46. The van der Waals surface area contributed by atoms with Gasteiger partial charge in [-0.3, -0.25) is 9.59 Å². The van der Waals surface area contributed by atoms with Gasteiger partial charge in [0.1, 0.15) is 11.9 Å². The standard InChI is InChI=1S/C21H23FN4O4/c1-29-18-8-9-19(24-23-18)30-17-3-2-10-25(13-17)21(28)14-11-20(27)26(12-14)16-6-4-15(22)5-7-16/h4-9,14,17H,2-3,10-13H2,1H3. The third-order valence-corrected chi connectivity index (χ3v) is 5.41. The summed E-state index contributed by atoms with van der Waals surface area (Å²) in [5, 5.41) is 7.86. The minimum absolute atomic E-state index is 0.0536. The second kappa shape index (κ2) is 8.64. The summed E-state index contributed by atoms with van der Waals surface area (Å²) in [6, 6.07) is 9.09. The molecule has 9 heteroatoms. The Labute approximate surface area is 173 Å². The molecule has 3 heterocycles. The number of hydrogen-bond acceptors (Lipinski definition) is 6. The number of hydrogen-bond donors (Lipinski definition) is 0. The van der Waals surface area contributed by atoms with Crippen molar-refractivity contribution in [3.05, 3.63) is 42.2 Å². The molecule has 1 aromatic heterocycles. The lowest BCUT2D eigenvalue weighted by atomic mass is 10.0. The van der Waals surface area contributed by atoms with E-state index < -0.39 is 5.92 Å². The van der Waals surface area contributed by atoms with Gasteiger partial charge in [0, 0.05) is 37.3 Å². The Kier molecular flexibility index (Phi) is 5.78. The fourth-order valence-electron chi connectivity index (χ4n) is 3.89. The Morgan fingerprint density at radius 1 is 1.10 bits per heavy atom. The van der Waals surface area contributed by atoms with Crippen molar-refractivity contribution in [2.24, 2.45) is 5.92 Å². The molecule has 0 radical (unpaired) electrons. The number of amides is 2. The molecule has 2 fully saturated rings. The number of piperidine rings is 1. The zero-order valence-corrected chi connectivity index (χ0v) is 16.7. The number of carbonyl (C=O) groups excluding carboxylic acids is 2. The molecule has 8 nitrogen and oxygen atoms in total. The van der Waals surface area contributed by atoms with Crippen LogP contribution in [-0.2, 0) is 9.59 Å². The van der Waals surface area contributed by atoms with Crippen molar-refractivity contribution < 1.29 is 23.5 Å². The first-order chi connectivity index (χ1) is 14.5. The molecule has 2 aliphatic rings. The first-order valence-corrected chi connectivity index (χ1v) is 9.92. The lowest BCUT2D eigenvalue weighted by molar-refractivity contribution is -0.138. The molecule has 158 valence electrons. The third-order valence-electron chi connectivity index (χ3n) is 5.41. The van der Waals surface area contributed by atoms with Gasteiger partial charge >= 0.3 is 0 Å². The number of aromatic nitrogens is 2. The van der Waals surface area contributed by atoms with Crippen LogP contribution in [0.1, 0.15) is 19.3 Å². The van der Waals surface area contributed by atoms with Gasteiger partial charge in [0.05, 0.1) is 19.6 Å². The molecule has 2 saturated heterocycles. The van der Waals surface area contributed by atoms with E-state index in [4.69, 9.17) is 9.47 Å². The van der Waals surface area contributed by atoms with E-state index in [1.165, 1.54) is 19.2 Å². The Bertz CT molecular complexity index is 906. The van der Waals surface area contributed by atoms with Gasteiger partial charge < -0.3 is 19.3 Å². The van der Waals surface area contributed by atoms with E-state index in [9.17, 15) is 14.0 Å². The molecule has 2 amide bonds. The average molecular weight is 414 g/mol. The van der Waals surface area contributed by atoms with E-state index in [0.717, 1.165) is 12.8 Å². The zero-order chi connectivity index (χ0) is 21.1. The molecule has 1 aromatic carbocycles. The summed E-state index contributed by atoms with van der Waals surface area (Å²) in [5.74, 6) is -0.172. The highest BCUT2D eigenvalue weighted by molar-refractivity contribution is 6.00. The van der Waals surface area contributed by atoms with Crippen molar-refractivity contribution in [1.29, 1.82) is 0 Å². The topological polar surface area (TPSA) is 84.9 Å². The van der Waals surface area contributed by atoms with Crippen LogP contribution in [0, 0.1) is 11.7 Å². The Morgan fingerprint density at radius 2 is 1.83 bits per heavy atom. The highest BCUT2D eigenvalue weighted by Crippen LogP contribution is 2.28. The van der Waals surface area contributed by atoms with Gasteiger partial charge in [-0.1, -0.05) is 0 Å². The largest absolute Gasteiger partial charge is 0.480 e. The molecular formula is C21H23FN4O4. The highest BCUT2D eigenvalue weighted by atomic mass is 19.1. The van der Waals surface area contributed by atoms with E-state index in [2.05, 4.69) is 10.2 Å². The number of anilines is 1. The Hall–Kier alpha value is -3.23. The second-order valence-electron chi connectivity index (χ2n) is 7.46. The van der Waals surface area contributed by atoms with Crippen LogP contribution in [0.3, 0.4) is 0 Å². The minimum atomic E-state index is -0.415. The summed E-state index contributed by atoms with van der Waals surface area (Å²) >= 11 is 0. The zero-order valence-electron chi connectivity index (χ0n) is 16.7. The number of carbonyl (C=O) groups is 2. The summed E-state index contributed by atoms with van der Waals surface area (Å²) in [6.07, 6.45) is 1.59. The molecule has 2 atom stereocenters. The van der Waals surface area contributed by atoms with Crippen molar-refractivity contribution >= 4 is 17.5 Å². The summed E-state index contributed by atoms with van der Waals surface area (Å²) in [6.45, 7) is 1.37. The van der Waals surface area contributed by atoms with Crippen LogP contribution in [0.5, 0.6) is 11.8 Å². The summed E-state index contributed by atoms with van der Waals surface area (Å²) in [4.78, 5) is 28.8. The van der Waals surface area contributed by atoms with Gasteiger partial charge in [-0.05, 0) is 37.1 Å². The third kappa shape index (κ3) is 4.34. The molecule has 0 aliphatic carbocycles. The van der Waals surface area contributed by atoms with E-state index in [-0.39, 0.29) is 30.2 Å². The van der Waals surface area contributed by atoms with Crippen molar-refractivity contribution in [2.75, 3.05) is 31.6 Å². The molecule has 0 spiro atoms. The molecule has 0 N–H and O–H groups in total. The fourth-order valence-corrected chi connectivity index (χ4v) is 3.89. The monoisotopic (exact) mass is 414 g/mol. The van der Waals surface area contributed by atoms with Crippen LogP contribution < -0.4 is 14.4 Å². The maximum absolute atomic E-state index is 13.2. The van der Waals surface area contributed by atoms with Crippen molar-refractivity contribution in [3.63, 3.8) is 0 Å². The molecule has 0 bridgehead atoms. The summed E-state index contributed by atoms with van der Waals surface area (Å²) in [7, 11) is 1.51. The molecule has 2 unspecified atom stereocenters. The number of benzene rings is 1. The first kappa shape index (κ1) is 20.1. The molecular weight excluding hydrogens is 391 g/mol. The predicted molar refractivity (Wildman–Crippen MR) is 106 cm³/mol. The van der Waals surface area contributed by atoms with Crippen molar-refractivity contribution in [2.45, 2.75) is 25.4 Å². The van der Waals surface area contributed by atoms with Gasteiger partial charge in [0.2, 0.25) is 23.6 Å². The number of rotatable bonds is 5. The van der Waals surface area contributed by atoms with Crippen LogP contribution in [0.15, 0.2) is 36.4 Å². The van der Waals surface area contributed by atoms with Crippen LogP contribution in [0.25, 0.3) is 0 Å². The number of halogens is 1. The SMILES string of the molecule is COc1ccc(OC2CCCN(C(=O)C3CC(=O)N(c4ccc(F)cc4)C3)C2)nn1. The summed E-state index contributed by atoms with van der Waals surface area (Å²) < 4.78 is 24.0. The van der Waals surface area contributed by atoms with Gasteiger partial charge in [-0.15, -0.1) is 10.2 Å². The molecule has 4 rings (SSSR count). The quantitative estimate of drug-likeness (QED) is 0.745. The van der Waals surface area contributed by atoms with Gasteiger partial charge in [0.15, 0.2) is 0 Å². The van der Waals surface area contributed by atoms with Gasteiger partial charge in [-0.2, -0.15) is 0 Å². The average Bonchev–Trinajstić information content (AvgIpc) is 3.16. The summed E-state index contributed by atoms with van der Waals surface area (Å²) in [5.41, 5.74) is 0.606. The smallest absolute Gasteiger partial charge is 0.233 e. The number of nitrogens with zero attached hydrogens (tertiary/aromatic N) is 4. The van der Waals surface area contributed by atoms with Crippen molar-refractivity contribution in [3.8, 4) is 11.8 Å². The van der Waals surface area contributed by atoms with Crippen molar-refractivity contribution in [1.82, 2.24) is 15.1 Å². The molecule has 30 heavy (non-hydrogen) atoms. The van der Waals surface area contributed by atoms with E-state index in [1.807, 2.05) is 0 Å². The maximum atomic E-state index is 13.2. The van der Waals surface area contributed by atoms with E-state index in [0.29, 0.717) is 37.1 Å². The molecule has 2 aromatic rings. The predicted octanol–water partition coefficient (Wildman–Crippen LogP) is 2.05. The maximum Gasteiger partial charge on any atom is 0.233 e. The Balaban J connectivity index is 1.36. The van der Waals surface area contributed by atoms with E-state index >= 15 is 0 Å². The normalized spacial score (nSPS) is 21.6.